The number of halogens is 4. The molecule has 0 spiro atoms. The molecule has 2 aromatic carbocycles. The number of amides is 2. The lowest BCUT2D eigenvalue weighted by Crippen LogP contribution is -2.52. The molecule has 192 valence electrons. The van der Waals surface area contributed by atoms with Crippen LogP contribution in [0.25, 0.3) is 0 Å². The van der Waals surface area contributed by atoms with Crippen molar-refractivity contribution < 1.29 is 31.2 Å². The Morgan fingerprint density at radius 1 is 1.06 bits per heavy atom. The van der Waals surface area contributed by atoms with Gasteiger partial charge in [0.2, 0.25) is 21.8 Å². The smallest absolute Gasteiger partial charge is 0.352 e. The van der Waals surface area contributed by atoms with E-state index in [1.165, 1.54) is 17.9 Å². The van der Waals surface area contributed by atoms with Gasteiger partial charge >= 0.3 is 6.18 Å². The molecule has 35 heavy (non-hydrogen) atoms. The van der Waals surface area contributed by atoms with Crippen LogP contribution in [0.4, 0.5) is 18.9 Å². The second kappa shape index (κ2) is 11.4. The first-order valence-electron chi connectivity index (χ1n) is 10.6. The summed E-state index contributed by atoms with van der Waals surface area (Å²) in [4.78, 5) is 27.3. The summed E-state index contributed by atoms with van der Waals surface area (Å²) in [7, 11) is -4.14. The molecule has 2 aromatic rings. The lowest BCUT2D eigenvalue weighted by atomic mass is 10.1. The fraction of sp³-hybridized carbons (Fsp3) is 0.391. The van der Waals surface area contributed by atoms with E-state index in [0.717, 1.165) is 22.9 Å². The van der Waals surface area contributed by atoms with Gasteiger partial charge in [0.05, 0.1) is 17.5 Å². The summed E-state index contributed by atoms with van der Waals surface area (Å²) >= 11 is 3.35. The Morgan fingerprint density at radius 2 is 1.69 bits per heavy atom. The van der Waals surface area contributed by atoms with Gasteiger partial charge in [-0.1, -0.05) is 34.1 Å². The van der Waals surface area contributed by atoms with Crippen molar-refractivity contribution in [2.45, 2.75) is 45.6 Å². The number of alkyl halides is 3. The molecule has 0 saturated carbocycles. The Labute approximate surface area is 211 Å². The number of hydrogen-bond acceptors (Lipinski definition) is 4. The Kier molecular flexibility index (Phi) is 9.35. The lowest BCUT2D eigenvalue weighted by Gasteiger charge is -2.32. The predicted octanol–water partition coefficient (Wildman–Crippen LogP) is 4.18. The number of nitrogens with one attached hydrogen (secondary N) is 1. The van der Waals surface area contributed by atoms with Gasteiger partial charge in [0.15, 0.2) is 0 Å². The van der Waals surface area contributed by atoms with E-state index in [1.54, 1.807) is 38.1 Å². The maximum atomic E-state index is 13.4. The molecule has 0 radical (unpaired) electrons. The third kappa shape index (κ3) is 8.24. The third-order valence-corrected chi connectivity index (χ3v) is 6.61. The maximum absolute atomic E-state index is 13.4. The highest BCUT2D eigenvalue weighted by Gasteiger charge is 2.33. The Bertz CT molecular complexity index is 1170. The molecule has 0 bridgehead atoms. The molecule has 7 nitrogen and oxygen atoms in total. The van der Waals surface area contributed by atoms with Crippen LogP contribution in [0.5, 0.6) is 0 Å². The van der Waals surface area contributed by atoms with Gasteiger partial charge in [-0.05, 0) is 56.7 Å². The fourth-order valence-electron chi connectivity index (χ4n) is 3.27. The van der Waals surface area contributed by atoms with Crippen LogP contribution < -0.4 is 9.62 Å². The highest BCUT2D eigenvalue weighted by atomic mass is 79.9. The van der Waals surface area contributed by atoms with E-state index >= 15 is 0 Å². The van der Waals surface area contributed by atoms with Crippen LogP contribution >= 0.6 is 15.9 Å². The molecule has 2 rings (SSSR count). The van der Waals surface area contributed by atoms with Crippen LogP contribution in [0.2, 0.25) is 0 Å². The van der Waals surface area contributed by atoms with Crippen molar-refractivity contribution in [3.63, 3.8) is 0 Å². The molecule has 0 saturated heterocycles. The first kappa shape index (κ1) is 28.6. The molecule has 0 unspecified atom stereocenters. The molecule has 2 amide bonds. The van der Waals surface area contributed by atoms with E-state index in [0.29, 0.717) is 15.9 Å². The van der Waals surface area contributed by atoms with Crippen molar-refractivity contribution in [3.05, 3.63) is 64.1 Å². The average Bonchev–Trinajstić information content (AvgIpc) is 2.73. The summed E-state index contributed by atoms with van der Waals surface area (Å²) in [6.07, 6.45) is -3.90. The Balaban J connectivity index is 2.45. The summed E-state index contributed by atoms with van der Waals surface area (Å²) in [6, 6.07) is 9.54. The number of hydrogen-bond donors (Lipinski definition) is 1. The highest BCUT2D eigenvalue weighted by Crippen LogP contribution is 2.32. The summed E-state index contributed by atoms with van der Waals surface area (Å²) in [6.45, 7) is 4.20. The summed E-state index contributed by atoms with van der Waals surface area (Å²) < 4.78 is 65.9. The van der Waals surface area contributed by atoms with Crippen LogP contribution in [-0.2, 0) is 32.3 Å². The number of nitrogens with zero attached hydrogens (tertiary/aromatic N) is 2. The zero-order valence-corrected chi connectivity index (χ0v) is 22.0. The van der Waals surface area contributed by atoms with E-state index in [4.69, 9.17) is 0 Å². The molecular formula is C23H27BrF3N3O4S. The van der Waals surface area contributed by atoms with Crippen molar-refractivity contribution in [2.24, 2.45) is 0 Å². The second-order valence-corrected chi connectivity index (χ2v) is 11.1. The van der Waals surface area contributed by atoms with Crippen LogP contribution in [-0.4, -0.2) is 50.0 Å². The molecule has 12 heteroatoms. The van der Waals surface area contributed by atoms with Crippen molar-refractivity contribution in [1.82, 2.24) is 10.2 Å². The van der Waals surface area contributed by atoms with E-state index in [-0.39, 0.29) is 18.3 Å². The normalized spacial score (nSPS) is 12.8. The van der Waals surface area contributed by atoms with Crippen molar-refractivity contribution >= 4 is 43.5 Å². The Morgan fingerprint density at radius 3 is 2.23 bits per heavy atom. The van der Waals surface area contributed by atoms with Crippen LogP contribution in [0.3, 0.4) is 0 Å². The van der Waals surface area contributed by atoms with Crippen molar-refractivity contribution in [3.8, 4) is 0 Å². The predicted molar refractivity (Wildman–Crippen MR) is 131 cm³/mol. The van der Waals surface area contributed by atoms with Crippen LogP contribution in [0.1, 0.15) is 31.9 Å². The van der Waals surface area contributed by atoms with E-state index in [1.807, 2.05) is 0 Å². The van der Waals surface area contributed by atoms with Gasteiger partial charge in [-0.3, -0.25) is 13.9 Å². The molecule has 0 aromatic heterocycles. The fourth-order valence-corrected chi connectivity index (χ4v) is 4.56. The first-order valence-corrected chi connectivity index (χ1v) is 13.2. The monoisotopic (exact) mass is 577 g/mol. The van der Waals surface area contributed by atoms with Gasteiger partial charge in [0.1, 0.15) is 12.6 Å². The SMILES string of the molecule is CC(C)NC(=O)[C@H](C)N(Cc1cccc(Br)c1)C(=O)CN(c1cccc(C(F)(F)F)c1)S(C)(=O)=O. The third-order valence-electron chi connectivity index (χ3n) is 4.98. The van der Waals surface area contributed by atoms with Gasteiger partial charge in [-0.25, -0.2) is 8.42 Å². The number of carbonyl (C=O) groups is 2. The van der Waals surface area contributed by atoms with Crippen molar-refractivity contribution in [2.75, 3.05) is 17.1 Å². The molecule has 0 fully saturated rings. The number of benzene rings is 2. The minimum atomic E-state index is -4.70. The minimum Gasteiger partial charge on any atom is -0.352 e. The minimum absolute atomic E-state index is 0.0227. The molecule has 0 heterocycles. The largest absolute Gasteiger partial charge is 0.416 e. The summed E-state index contributed by atoms with van der Waals surface area (Å²) in [5.41, 5.74) is -0.689. The molecule has 1 N–H and O–H groups in total. The van der Waals surface area contributed by atoms with Gasteiger partial charge in [0, 0.05) is 17.1 Å². The zero-order chi connectivity index (χ0) is 26.6. The molecule has 0 aliphatic rings. The number of rotatable bonds is 9. The van der Waals surface area contributed by atoms with Crippen LogP contribution in [0.15, 0.2) is 53.0 Å². The highest BCUT2D eigenvalue weighted by molar-refractivity contribution is 9.10. The van der Waals surface area contributed by atoms with Gasteiger partial charge in [-0.15, -0.1) is 0 Å². The molecular weight excluding hydrogens is 551 g/mol. The van der Waals surface area contributed by atoms with Crippen LogP contribution in [0, 0.1) is 0 Å². The lowest BCUT2D eigenvalue weighted by molar-refractivity contribution is -0.139. The number of sulfonamides is 1. The second-order valence-electron chi connectivity index (χ2n) is 8.31. The summed E-state index contributed by atoms with van der Waals surface area (Å²) in [5.74, 6) is -1.20. The molecule has 1 atom stereocenters. The zero-order valence-electron chi connectivity index (χ0n) is 19.6. The quantitative estimate of drug-likeness (QED) is 0.484. The van der Waals surface area contributed by atoms with Gasteiger partial charge in [0.25, 0.3) is 0 Å². The maximum Gasteiger partial charge on any atom is 0.416 e. The van der Waals surface area contributed by atoms with E-state index in [9.17, 15) is 31.2 Å². The van der Waals surface area contributed by atoms with E-state index in [2.05, 4.69) is 21.2 Å². The first-order chi connectivity index (χ1) is 16.1. The molecule has 0 aliphatic carbocycles. The van der Waals surface area contributed by atoms with Crippen molar-refractivity contribution in [1.29, 1.82) is 0 Å². The van der Waals surface area contributed by atoms with Gasteiger partial charge in [-0.2, -0.15) is 13.2 Å². The van der Waals surface area contributed by atoms with Gasteiger partial charge < -0.3 is 10.2 Å². The topological polar surface area (TPSA) is 86.8 Å². The van der Waals surface area contributed by atoms with E-state index < -0.39 is 46.2 Å². The molecule has 0 aliphatic heterocycles. The Hall–Kier alpha value is -2.60. The number of anilines is 1. The average molecular weight is 578 g/mol. The standard InChI is InChI=1S/C23H27BrF3N3O4S/c1-15(2)28-22(32)16(3)29(13-17-7-5-9-19(24)11-17)21(31)14-30(35(4,33)34)20-10-6-8-18(12-20)23(25,26)27/h5-12,15-16H,13-14H2,1-4H3,(H,28,32)/t16-/m0/s1. The number of carbonyl (C=O) groups excluding carboxylic acids is 2. The summed E-state index contributed by atoms with van der Waals surface area (Å²) in [5, 5.41) is 2.72.